The van der Waals surface area contributed by atoms with Crippen molar-refractivity contribution in [3.05, 3.63) is 0 Å². The van der Waals surface area contributed by atoms with Crippen molar-refractivity contribution >= 4 is 5.91 Å². The largest absolute Gasteiger partial charge is 0.378 e. The third kappa shape index (κ3) is 4.18. The molecule has 2 heterocycles. The molecule has 4 heteroatoms. The smallest absolute Gasteiger partial charge is 0.222 e. The molecule has 0 aromatic carbocycles. The number of likely N-dealkylation sites (tertiary alicyclic amines) is 1. The van der Waals surface area contributed by atoms with E-state index in [4.69, 9.17) is 10.5 Å². The quantitative estimate of drug-likeness (QED) is 0.847. The summed E-state index contributed by atoms with van der Waals surface area (Å²) < 4.78 is 5.68. The minimum absolute atomic E-state index is 0.274. The number of carbonyl (C=O) groups excluding carboxylic acids is 1. The number of carbonyl (C=O) groups is 1. The Bertz CT molecular complexity index is 290. The summed E-state index contributed by atoms with van der Waals surface area (Å²) in [5.74, 6) is 0.767. The molecule has 2 rings (SSSR count). The topological polar surface area (TPSA) is 55.6 Å². The first-order valence-corrected chi connectivity index (χ1v) is 7.85. The molecule has 1 amide bonds. The van der Waals surface area contributed by atoms with Gasteiger partial charge in [0.25, 0.3) is 0 Å². The summed E-state index contributed by atoms with van der Waals surface area (Å²) in [5, 5.41) is 0. The van der Waals surface area contributed by atoms with Gasteiger partial charge in [-0.15, -0.1) is 0 Å². The van der Waals surface area contributed by atoms with Gasteiger partial charge in [0, 0.05) is 32.2 Å². The zero-order valence-corrected chi connectivity index (χ0v) is 12.1. The first kappa shape index (κ1) is 14.8. The van der Waals surface area contributed by atoms with E-state index in [9.17, 15) is 4.79 Å². The van der Waals surface area contributed by atoms with Gasteiger partial charge in [0.1, 0.15) is 0 Å². The fourth-order valence-corrected chi connectivity index (χ4v) is 3.19. The normalized spacial score (nSPS) is 32.3. The molecule has 3 unspecified atom stereocenters. The minimum Gasteiger partial charge on any atom is -0.378 e. The maximum Gasteiger partial charge on any atom is 0.222 e. The van der Waals surface area contributed by atoms with Gasteiger partial charge in [-0.05, 0) is 38.0 Å². The van der Waals surface area contributed by atoms with Crippen molar-refractivity contribution in [3.8, 4) is 0 Å². The van der Waals surface area contributed by atoms with Crippen LogP contribution in [0.4, 0.5) is 0 Å². The monoisotopic (exact) mass is 268 g/mol. The van der Waals surface area contributed by atoms with Crippen LogP contribution in [0.3, 0.4) is 0 Å². The van der Waals surface area contributed by atoms with Gasteiger partial charge >= 0.3 is 0 Å². The van der Waals surface area contributed by atoms with Crippen LogP contribution < -0.4 is 5.73 Å². The van der Waals surface area contributed by atoms with Crippen molar-refractivity contribution in [1.29, 1.82) is 0 Å². The van der Waals surface area contributed by atoms with Crippen LogP contribution in [0.25, 0.3) is 0 Å². The average Bonchev–Trinajstić information content (AvgIpc) is 2.46. The zero-order chi connectivity index (χ0) is 13.7. The highest BCUT2D eigenvalue weighted by Gasteiger charge is 2.28. The molecule has 0 bridgehead atoms. The summed E-state index contributed by atoms with van der Waals surface area (Å²) >= 11 is 0. The maximum atomic E-state index is 12.2. The molecule has 2 saturated heterocycles. The van der Waals surface area contributed by atoms with E-state index >= 15 is 0 Å². The van der Waals surface area contributed by atoms with Crippen LogP contribution in [0.15, 0.2) is 0 Å². The van der Waals surface area contributed by atoms with E-state index in [1.54, 1.807) is 0 Å². The molecule has 0 spiro atoms. The van der Waals surface area contributed by atoms with Gasteiger partial charge < -0.3 is 15.4 Å². The Kier molecular flexibility index (Phi) is 5.64. The maximum absolute atomic E-state index is 12.2. The predicted molar refractivity (Wildman–Crippen MR) is 75.8 cm³/mol. The third-order valence-electron chi connectivity index (χ3n) is 4.62. The van der Waals surface area contributed by atoms with Crippen LogP contribution in [0.2, 0.25) is 0 Å². The van der Waals surface area contributed by atoms with Gasteiger partial charge in [-0.1, -0.05) is 13.3 Å². The summed E-state index contributed by atoms with van der Waals surface area (Å²) in [5.41, 5.74) is 6.08. The number of hydrogen-bond acceptors (Lipinski definition) is 3. The van der Waals surface area contributed by atoms with Gasteiger partial charge in [0.2, 0.25) is 5.91 Å². The van der Waals surface area contributed by atoms with Crippen LogP contribution in [-0.4, -0.2) is 42.6 Å². The molecule has 0 saturated carbocycles. The summed E-state index contributed by atoms with van der Waals surface area (Å²) in [6.45, 7) is 4.72. The van der Waals surface area contributed by atoms with E-state index in [-0.39, 0.29) is 6.04 Å². The summed E-state index contributed by atoms with van der Waals surface area (Å²) in [7, 11) is 0. The Morgan fingerprint density at radius 3 is 2.89 bits per heavy atom. The molecule has 19 heavy (non-hydrogen) atoms. The van der Waals surface area contributed by atoms with Crippen molar-refractivity contribution in [2.75, 3.05) is 19.7 Å². The van der Waals surface area contributed by atoms with E-state index < -0.39 is 0 Å². The zero-order valence-electron chi connectivity index (χ0n) is 12.1. The van der Waals surface area contributed by atoms with Gasteiger partial charge in [-0.25, -0.2) is 0 Å². The lowest BCUT2D eigenvalue weighted by Crippen LogP contribution is -2.49. The van der Waals surface area contributed by atoms with Crippen LogP contribution >= 0.6 is 0 Å². The first-order valence-electron chi connectivity index (χ1n) is 7.85. The highest BCUT2D eigenvalue weighted by atomic mass is 16.5. The molecule has 0 aromatic heterocycles. The van der Waals surface area contributed by atoms with E-state index in [0.717, 1.165) is 45.4 Å². The Morgan fingerprint density at radius 2 is 2.21 bits per heavy atom. The van der Waals surface area contributed by atoms with Crippen molar-refractivity contribution in [1.82, 2.24) is 4.90 Å². The minimum atomic E-state index is 0.274. The SMILES string of the molecule is CCC1CN(C(=O)CCC2CCCCO2)CCC1N. The summed E-state index contributed by atoms with van der Waals surface area (Å²) in [6, 6.07) is 0.274. The van der Waals surface area contributed by atoms with E-state index in [0.29, 0.717) is 24.3 Å². The Labute approximate surface area is 116 Å². The number of nitrogens with two attached hydrogens (primary N) is 1. The van der Waals surface area contributed by atoms with Gasteiger partial charge in [-0.3, -0.25) is 4.79 Å². The van der Waals surface area contributed by atoms with Crippen LogP contribution in [-0.2, 0) is 9.53 Å². The fourth-order valence-electron chi connectivity index (χ4n) is 3.19. The predicted octanol–water partition coefficient (Wildman–Crippen LogP) is 1.92. The molecule has 4 nitrogen and oxygen atoms in total. The summed E-state index contributed by atoms with van der Waals surface area (Å²) in [6.07, 6.45) is 7.39. The first-order chi connectivity index (χ1) is 9.20. The molecule has 0 aromatic rings. The number of rotatable bonds is 4. The summed E-state index contributed by atoms with van der Waals surface area (Å²) in [4.78, 5) is 14.3. The Balaban J connectivity index is 1.73. The second-order valence-electron chi connectivity index (χ2n) is 5.99. The molecule has 110 valence electrons. The molecule has 0 radical (unpaired) electrons. The lowest BCUT2D eigenvalue weighted by atomic mass is 9.90. The number of nitrogens with zero attached hydrogens (tertiary/aromatic N) is 1. The lowest BCUT2D eigenvalue weighted by molar-refractivity contribution is -0.134. The second kappa shape index (κ2) is 7.25. The van der Waals surface area contributed by atoms with Gasteiger partial charge in [-0.2, -0.15) is 0 Å². The van der Waals surface area contributed by atoms with Gasteiger partial charge in [0.15, 0.2) is 0 Å². The molecule has 0 aliphatic carbocycles. The van der Waals surface area contributed by atoms with Crippen molar-refractivity contribution in [3.63, 3.8) is 0 Å². The number of hydrogen-bond donors (Lipinski definition) is 1. The second-order valence-corrected chi connectivity index (χ2v) is 5.99. The molecule has 2 fully saturated rings. The van der Waals surface area contributed by atoms with E-state index in [1.807, 2.05) is 4.90 Å². The van der Waals surface area contributed by atoms with Crippen molar-refractivity contribution in [2.24, 2.45) is 11.7 Å². The highest BCUT2D eigenvalue weighted by molar-refractivity contribution is 5.76. The number of piperidine rings is 1. The van der Waals surface area contributed by atoms with Crippen molar-refractivity contribution < 1.29 is 9.53 Å². The van der Waals surface area contributed by atoms with E-state index in [2.05, 4.69) is 6.92 Å². The van der Waals surface area contributed by atoms with Crippen LogP contribution in [0.5, 0.6) is 0 Å². The fraction of sp³-hybridized carbons (Fsp3) is 0.933. The van der Waals surface area contributed by atoms with E-state index in [1.165, 1.54) is 12.8 Å². The van der Waals surface area contributed by atoms with Crippen LogP contribution in [0.1, 0.15) is 51.9 Å². The van der Waals surface area contributed by atoms with Crippen LogP contribution in [0, 0.1) is 5.92 Å². The molecule has 2 aliphatic rings. The third-order valence-corrected chi connectivity index (χ3v) is 4.62. The average molecular weight is 268 g/mol. The standard InChI is InChI=1S/C15H28N2O2/c1-2-12-11-17(9-8-14(12)16)15(18)7-6-13-5-3-4-10-19-13/h12-14H,2-11,16H2,1H3. The molecular formula is C15H28N2O2. The van der Waals surface area contributed by atoms with Gasteiger partial charge in [0.05, 0.1) is 6.10 Å². The molecule has 3 atom stereocenters. The number of amides is 1. The Morgan fingerprint density at radius 1 is 1.37 bits per heavy atom. The number of ether oxygens (including phenoxy) is 1. The van der Waals surface area contributed by atoms with Crippen molar-refractivity contribution in [2.45, 2.75) is 64.0 Å². The lowest BCUT2D eigenvalue weighted by Gasteiger charge is -2.36. The molecular weight excluding hydrogens is 240 g/mol. The highest BCUT2D eigenvalue weighted by Crippen LogP contribution is 2.21. The molecule has 2 N–H and O–H groups in total. The Hall–Kier alpha value is -0.610. The molecule has 2 aliphatic heterocycles.